The van der Waals surface area contributed by atoms with E-state index in [2.05, 4.69) is 27.9 Å². The summed E-state index contributed by atoms with van der Waals surface area (Å²) in [4.78, 5) is 23.7. The zero-order valence-corrected chi connectivity index (χ0v) is 13.3. The molecule has 0 fully saturated rings. The summed E-state index contributed by atoms with van der Waals surface area (Å²) in [6.07, 6.45) is 0. The maximum atomic E-state index is 11.9. The number of ketones is 1. The second-order valence-corrected chi connectivity index (χ2v) is 5.80. The first kappa shape index (κ1) is 15.0. The van der Waals surface area contributed by atoms with Gasteiger partial charge < -0.3 is 5.32 Å². The lowest BCUT2D eigenvalue weighted by atomic mass is 10.1. The van der Waals surface area contributed by atoms with Crippen molar-refractivity contribution < 1.29 is 9.59 Å². The van der Waals surface area contributed by atoms with Gasteiger partial charge in [0.1, 0.15) is 0 Å². The number of hydrogen-bond donors (Lipinski definition) is 1. The van der Waals surface area contributed by atoms with Crippen molar-refractivity contribution in [2.45, 2.75) is 0 Å². The molecular formula is C15H11ClINO2. The molecule has 0 aliphatic heterocycles. The van der Waals surface area contributed by atoms with Gasteiger partial charge in [0.05, 0.1) is 6.54 Å². The molecule has 0 atom stereocenters. The van der Waals surface area contributed by atoms with Crippen LogP contribution in [0.2, 0.25) is 5.02 Å². The zero-order chi connectivity index (χ0) is 14.5. The minimum Gasteiger partial charge on any atom is -0.345 e. The van der Waals surface area contributed by atoms with Crippen molar-refractivity contribution in [3.05, 3.63) is 68.3 Å². The fourth-order valence-corrected chi connectivity index (χ4v) is 2.09. The van der Waals surface area contributed by atoms with Gasteiger partial charge in [0, 0.05) is 19.7 Å². The number of nitrogens with one attached hydrogen (secondary N) is 1. The second-order valence-electron chi connectivity index (χ2n) is 4.12. The van der Waals surface area contributed by atoms with Crippen molar-refractivity contribution in [2.24, 2.45) is 0 Å². The van der Waals surface area contributed by atoms with E-state index < -0.39 is 0 Å². The lowest BCUT2D eigenvalue weighted by Gasteiger charge is -2.05. The highest BCUT2D eigenvalue weighted by Crippen LogP contribution is 2.10. The third kappa shape index (κ3) is 4.05. The van der Waals surface area contributed by atoms with Gasteiger partial charge >= 0.3 is 0 Å². The SMILES string of the molecule is O=C(CNC(=O)c1ccc(I)cc1)c1ccc(Cl)cc1. The predicted octanol–water partition coefficient (Wildman–Crippen LogP) is 3.56. The Morgan fingerprint density at radius 1 is 0.950 bits per heavy atom. The number of hydrogen-bond acceptors (Lipinski definition) is 2. The highest BCUT2D eigenvalue weighted by Gasteiger charge is 2.09. The van der Waals surface area contributed by atoms with Crippen molar-refractivity contribution >= 4 is 45.9 Å². The summed E-state index contributed by atoms with van der Waals surface area (Å²) in [7, 11) is 0. The van der Waals surface area contributed by atoms with E-state index in [9.17, 15) is 9.59 Å². The quantitative estimate of drug-likeness (QED) is 0.631. The van der Waals surface area contributed by atoms with Crippen LogP contribution in [0.3, 0.4) is 0 Å². The Balaban J connectivity index is 1.94. The molecule has 0 heterocycles. The summed E-state index contributed by atoms with van der Waals surface area (Å²) in [5.74, 6) is -0.413. The summed E-state index contributed by atoms with van der Waals surface area (Å²) >= 11 is 7.92. The fraction of sp³-hybridized carbons (Fsp3) is 0.0667. The van der Waals surface area contributed by atoms with Crippen LogP contribution < -0.4 is 5.32 Å². The number of carbonyl (C=O) groups is 2. The van der Waals surface area contributed by atoms with Crippen LogP contribution in [0, 0.1) is 3.57 Å². The first-order valence-electron chi connectivity index (χ1n) is 5.89. The Bertz CT molecular complexity index is 566. The van der Waals surface area contributed by atoms with Crippen molar-refractivity contribution in [1.29, 1.82) is 0 Å². The third-order valence-corrected chi connectivity index (χ3v) is 3.65. The highest BCUT2D eigenvalue weighted by atomic mass is 127. The zero-order valence-electron chi connectivity index (χ0n) is 10.4. The fourth-order valence-electron chi connectivity index (χ4n) is 1.60. The summed E-state index contributed by atoms with van der Waals surface area (Å²) in [5, 5.41) is 3.18. The van der Waals surface area contributed by atoms with E-state index in [1.165, 1.54) is 0 Å². The molecule has 0 aromatic heterocycles. The van der Waals surface area contributed by atoms with Crippen LogP contribution in [0.5, 0.6) is 0 Å². The highest BCUT2D eigenvalue weighted by molar-refractivity contribution is 14.1. The first-order chi connectivity index (χ1) is 9.56. The molecule has 20 heavy (non-hydrogen) atoms. The molecule has 0 spiro atoms. The molecule has 2 aromatic rings. The molecular weight excluding hydrogens is 389 g/mol. The van der Waals surface area contributed by atoms with Gasteiger partial charge in [-0.2, -0.15) is 0 Å². The van der Waals surface area contributed by atoms with Gasteiger partial charge in [-0.05, 0) is 71.1 Å². The molecule has 2 rings (SSSR count). The largest absolute Gasteiger partial charge is 0.345 e. The van der Waals surface area contributed by atoms with E-state index in [1.54, 1.807) is 36.4 Å². The Hall–Kier alpha value is -1.40. The topological polar surface area (TPSA) is 46.2 Å². The monoisotopic (exact) mass is 399 g/mol. The average Bonchev–Trinajstić information content (AvgIpc) is 2.46. The minimum absolute atomic E-state index is 0.0353. The Labute approximate surface area is 135 Å². The number of Topliss-reactive ketones (excluding diaryl/α,β-unsaturated/α-hetero) is 1. The van der Waals surface area contributed by atoms with Crippen LogP contribution in [0.1, 0.15) is 20.7 Å². The molecule has 0 saturated heterocycles. The molecule has 0 aliphatic rings. The van der Waals surface area contributed by atoms with Crippen molar-refractivity contribution in [3.8, 4) is 0 Å². The van der Waals surface area contributed by atoms with Gasteiger partial charge in [0.25, 0.3) is 5.91 Å². The van der Waals surface area contributed by atoms with Gasteiger partial charge in [-0.1, -0.05) is 11.6 Å². The third-order valence-electron chi connectivity index (χ3n) is 2.68. The standard InChI is InChI=1S/C15H11ClINO2/c16-12-5-1-10(2-6-12)14(19)9-18-15(20)11-3-7-13(17)8-4-11/h1-8H,9H2,(H,18,20). The molecule has 1 amide bonds. The number of carbonyl (C=O) groups excluding carboxylic acids is 2. The van der Waals surface area contributed by atoms with Crippen molar-refractivity contribution in [1.82, 2.24) is 5.32 Å². The molecule has 0 bridgehead atoms. The Kier molecular flexibility index (Phi) is 5.14. The number of amides is 1. The van der Waals surface area contributed by atoms with Crippen molar-refractivity contribution in [2.75, 3.05) is 6.54 Å². The smallest absolute Gasteiger partial charge is 0.251 e. The van der Waals surface area contributed by atoms with E-state index in [1.807, 2.05) is 12.1 Å². The first-order valence-corrected chi connectivity index (χ1v) is 7.34. The van der Waals surface area contributed by atoms with Crippen molar-refractivity contribution in [3.63, 3.8) is 0 Å². The van der Waals surface area contributed by atoms with Crippen LogP contribution in [0.15, 0.2) is 48.5 Å². The maximum Gasteiger partial charge on any atom is 0.251 e. The van der Waals surface area contributed by atoms with Gasteiger partial charge in [0.2, 0.25) is 0 Å². The summed E-state index contributed by atoms with van der Waals surface area (Å²) in [5.41, 5.74) is 1.06. The molecule has 0 aliphatic carbocycles. The van der Waals surface area contributed by atoms with E-state index in [-0.39, 0.29) is 18.2 Å². The summed E-state index contributed by atoms with van der Waals surface area (Å²) < 4.78 is 1.05. The molecule has 0 unspecified atom stereocenters. The van der Waals surface area contributed by atoms with Crippen LogP contribution in [-0.4, -0.2) is 18.2 Å². The lowest BCUT2D eigenvalue weighted by molar-refractivity contribution is 0.0904. The van der Waals surface area contributed by atoms with Gasteiger partial charge in [-0.3, -0.25) is 9.59 Å². The Morgan fingerprint density at radius 3 is 2.10 bits per heavy atom. The van der Waals surface area contributed by atoms with Crippen LogP contribution in [-0.2, 0) is 0 Å². The number of rotatable bonds is 4. The lowest BCUT2D eigenvalue weighted by Crippen LogP contribution is -2.29. The molecule has 102 valence electrons. The molecule has 3 nitrogen and oxygen atoms in total. The predicted molar refractivity (Wildman–Crippen MR) is 87.3 cm³/mol. The van der Waals surface area contributed by atoms with E-state index in [4.69, 9.17) is 11.6 Å². The molecule has 0 saturated carbocycles. The molecule has 2 aromatic carbocycles. The van der Waals surface area contributed by atoms with Gasteiger partial charge in [-0.25, -0.2) is 0 Å². The molecule has 5 heteroatoms. The Morgan fingerprint density at radius 2 is 1.50 bits per heavy atom. The van der Waals surface area contributed by atoms with E-state index in [0.717, 1.165) is 3.57 Å². The van der Waals surface area contributed by atoms with Crippen LogP contribution >= 0.6 is 34.2 Å². The minimum atomic E-state index is -0.260. The second kappa shape index (κ2) is 6.85. The molecule has 0 radical (unpaired) electrons. The average molecular weight is 400 g/mol. The van der Waals surface area contributed by atoms with E-state index >= 15 is 0 Å². The summed E-state index contributed by atoms with van der Waals surface area (Å²) in [6.45, 7) is -0.0353. The van der Waals surface area contributed by atoms with Gasteiger partial charge in [-0.15, -0.1) is 0 Å². The summed E-state index contributed by atoms with van der Waals surface area (Å²) in [6, 6.07) is 13.7. The maximum absolute atomic E-state index is 11.9. The van der Waals surface area contributed by atoms with Crippen LogP contribution in [0.4, 0.5) is 0 Å². The number of halogens is 2. The number of benzene rings is 2. The van der Waals surface area contributed by atoms with E-state index in [0.29, 0.717) is 16.1 Å². The normalized spacial score (nSPS) is 10.1. The van der Waals surface area contributed by atoms with Crippen LogP contribution in [0.25, 0.3) is 0 Å². The molecule has 1 N–H and O–H groups in total. The van der Waals surface area contributed by atoms with Gasteiger partial charge in [0.15, 0.2) is 5.78 Å².